The predicted octanol–water partition coefficient (Wildman–Crippen LogP) is 3.45. The maximum Gasteiger partial charge on any atom is 0.416 e. The molecule has 1 aliphatic heterocycles. The van der Waals surface area contributed by atoms with Gasteiger partial charge in [-0.05, 0) is 42.3 Å². The topological polar surface area (TPSA) is 47.6 Å². The molecule has 4 nitrogen and oxygen atoms in total. The van der Waals surface area contributed by atoms with Crippen LogP contribution in [0.4, 0.5) is 13.2 Å². The number of alkyl halides is 3. The van der Waals surface area contributed by atoms with Gasteiger partial charge in [0.25, 0.3) is 5.91 Å². The fourth-order valence-corrected chi connectivity index (χ4v) is 2.47. The molecule has 1 amide bonds. The van der Waals surface area contributed by atoms with Crippen molar-refractivity contribution >= 4 is 5.91 Å². The first-order valence-corrected chi connectivity index (χ1v) is 7.77. The molecule has 132 valence electrons. The normalized spacial score (nSPS) is 13.4. The summed E-state index contributed by atoms with van der Waals surface area (Å²) in [7, 11) is 0. The second-order valence-electron chi connectivity index (χ2n) is 5.56. The lowest BCUT2D eigenvalue weighted by atomic mass is 10.1. The number of hydrogen-bond acceptors (Lipinski definition) is 3. The number of hydrogen-bond donors (Lipinski definition) is 1. The molecule has 0 aromatic heterocycles. The average molecular weight is 351 g/mol. The molecule has 2 aromatic rings. The summed E-state index contributed by atoms with van der Waals surface area (Å²) in [4.78, 5) is 12.2. The highest BCUT2D eigenvalue weighted by atomic mass is 19.4. The number of rotatable bonds is 4. The minimum atomic E-state index is -4.34. The number of carbonyl (C=O) groups excluding carboxylic acids is 1. The molecule has 7 heteroatoms. The van der Waals surface area contributed by atoms with Gasteiger partial charge in [-0.15, -0.1) is 0 Å². The summed E-state index contributed by atoms with van der Waals surface area (Å²) in [6, 6.07) is 9.84. The number of nitrogens with one attached hydrogen (secondary N) is 1. The van der Waals surface area contributed by atoms with Gasteiger partial charge < -0.3 is 14.8 Å². The van der Waals surface area contributed by atoms with Crippen molar-refractivity contribution in [3.63, 3.8) is 0 Å². The van der Waals surface area contributed by atoms with Gasteiger partial charge >= 0.3 is 6.18 Å². The third-order valence-corrected chi connectivity index (χ3v) is 3.78. The van der Waals surface area contributed by atoms with Crippen molar-refractivity contribution in [2.75, 3.05) is 19.8 Å². The number of halogens is 3. The zero-order valence-corrected chi connectivity index (χ0v) is 13.2. The summed E-state index contributed by atoms with van der Waals surface area (Å²) in [5.41, 5.74) is 0.476. The Morgan fingerprint density at radius 2 is 1.68 bits per heavy atom. The molecule has 0 radical (unpaired) electrons. The van der Waals surface area contributed by atoms with E-state index in [0.717, 1.165) is 17.7 Å². The van der Waals surface area contributed by atoms with Crippen molar-refractivity contribution in [2.24, 2.45) is 0 Å². The Bertz CT molecular complexity index is 757. The lowest BCUT2D eigenvalue weighted by molar-refractivity contribution is -0.137. The number of benzene rings is 2. The highest BCUT2D eigenvalue weighted by Gasteiger charge is 2.29. The van der Waals surface area contributed by atoms with Crippen molar-refractivity contribution in [2.45, 2.75) is 12.6 Å². The molecule has 0 atom stereocenters. The second-order valence-corrected chi connectivity index (χ2v) is 5.56. The smallest absolute Gasteiger partial charge is 0.416 e. The molecule has 0 aliphatic carbocycles. The highest BCUT2D eigenvalue weighted by Crippen LogP contribution is 2.31. The number of carbonyl (C=O) groups is 1. The summed E-state index contributed by atoms with van der Waals surface area (Å²) in [5.74, 6) is 0.859. The zero-order chi connectivity index (χ0) is 17.9. The van der Waals surface area contributed by atoms with E-state index in [2.05, 4.69) is 5.32 Å². The van der Waals surface area contributed by atoms with Crippen LogP contribution in [-0.4, -0.2) is 25.7 Å². The predicted molar refractivity (Wildman–Crippen MR) is 84.9 cm³/mol. The molecule has 0 spiro atoms. The van der Waals surface area contributed by atoms with Crippen LogP contribution >= 0.6 is 0 Å². The summed E-state index contributed by atoms with van der Waals surface area (Å²) < 4.78 is 48.4. The number of fused-ring (bicyclic) bond motifs is 1. The molecule has 1 aliphatic rings. The molecule has 2 aromatic carbocycles. The zero-order valence-electron chi connectivity index (χ0n) is 13.2. The van der Waals surface area contributed by atoms with Crippen LogP contribution in [0, 0.1) is 0 Å². The van der Waals surface area contributed by atoms with Gasteiger partial charge in [0.05, 0.1) is 5.56 Å². The van der Waals surface area contributed by atoms with Crippen LogP contribution in [0.25, 0.3) is 0 Å². The monoisotopic (exact) mass is 351 g/mol. The van der Waals surface area contributed by atoms with E-state index in [4.69, 9.17) is 9.47 Å². The number of amides is 1. The van der Waals surface area contributed by atoms with Gasteiger partial charge in [0.2, 0.25) is 0 Å². The minimum absolute atomic E-state index is 0.274. The van der Waals surface area contributed by atoms with Gasteiger partial charge in [-0.25, -0.2) is 0 Å². The van der Waals surface area contributed by atoms with Crippen molar-refractivity contribution in [3.05, 3.63) is 59.2 Å². The lowest BCUT2D eigenvalue weighted by Gasteiger charge is -2.18. The molecule has 25 heavy (non-hydrogen) atoms. The molecule has 3 rings (SSSR count). The van der Waals surface area contributed by atoms with Crippen molar-refractivity contribution in [1.82, 2.24) is 5.32 Å². The minimum Gasteiger partial charge on any atom is -0.486 e. The Morgan fingerprint density at radius 3 is 2.36 bits per heavy atom. The molecule has 1 heterocycles. The Labute approximate surface area is 142 Å². The Hall–Kier alpha value is -2.70. The second kappa shape index (κ2) is 7.04. The quantitative estimate of drug-likeness (QED) is 0.918. The largest absolute Gasteiger partial charge is 0.486 e. The average Bonchev–Trinajstić information content (AvgIpc) is 2.61. The maximum atomic E-state index is 12.5. The molecule has 0 fully saturated rings. The van der Waals surface area contributed by atoms with Crippen molar-refractivity contribution in [3.8, 4) is 11.5 Å². The van der Waals surface area contributed by atoms with Crippen LogP contribution in [0.15, 0.2) is 42.5 Å². The molecule has 1 N–H and O–H groups in total. The summed E-state index contributed by atoms with van der Waals surface area (Å²) in [6.45, 7) is 1.23. The molecule has 0 bridgehead atoms. The van der Waals surface area contributed by atoms with E-state index in [9.17, 15) is 18.0 Å². The van der Waals surface area contributed by atoms with Crippen LogP contribution in [0.2, 0.25) is 0 Å². The Balaban J connectivity index is 1.54. The Morgan fingerprint density at radius 1 is 1.00 bits per heavy atom. The summed E-state index contributed by atoms with van der Waals surface area (Å²) in [5, 5.41) is 2.74. The fourth-order valence-electron chi connectivity index (χ4n) is 2.47. The van der Waals surface area contributed by atoms with Crippen molar-refractivity contribution in [1.29, 1.82) is 0 Å². The van der Waals surface area contributed by atoms with Crippen molar-refractivity contribution < 1.29 is 27.4 Å². The van der Waals surface area contributed by atoms with Crippen LogP contribution in [0.5, 0.6) is 11.5 Å². The van der Waals surface area contributed by atoms with E-state index in [1.807, 2.05) is 0 Å². The molecule has 0 saturated carbocycles. The van der Waals surface area contributed by atoms with E-state index in [1.54, 1.807) is 18.2 Å². The van der Waals surface area contributed by atoms with Crippen LogP contribution in [0.3, 0.4) is 0 Å². The third-order valence-electron chi connectivity index (χ3n) is 3.78. The van der Waals surface area contributed by atoms with Gasteiger partial charge in [0, 0.05) is 12.1 Å². The first-order chi connectivity index (χ1) is 11.9. The van der Waals surface area contributed by atoms with Crippen LogP contribution in [-0.2, 0) is 12.6 Å². The van der Waals surface area contributed by atoms with Gasteiger partial charge in [-0.1, -0.05) is 12.1 Å². The van der Waals surface area contributed by atoms with Gasteiger partial charge in [-0.2, -0.15) is 13.2 Å². The van der Waals surface area contributed by atoms with Gasteiger partial charge in [-0.3, -0.25) is 4.79 Å². The molecule has 0 unspecified atom stereocenters. The van der Waals surface area contributed by atoms with Gasteiger partial charge in [0.15, 0.2) is 11.5 Å². The van der Waals surface area contributed by atoms with E-state index < -0.39 is 11.7 Å². The standard InChI is InChI=1S/C18H16F3NO3/c19-18(20,21)14-4-1-12(2-5-14)7-8-22-17(23)13-3-6-15-16(11-13)25-10-9-24-15/h1-6,11H,7-10H2,(H,22,23). The SMILES string of the molecule is O=C(NCCc1ccc(C(F)(F)F)cc1)c1ccc2c(c1)OCCO2. The third kappa shape index (κ3) is 4.23. The maximum absolute atomic E-state index is 12.5. The van der Waals surface area contributed by atoms with Crippen LogP contribution < -0.4 is 14.8 Å². The molecular weight excluding hydrogens is 335 g/mol. The number of ether oxygens (including phenoxy) is 2. The van der Waals surface area contributed by atoms with Gasteiger partial charge in [0.1, 0.15) is 13.2 Å². The molecular formula is C18H16F3NO3. The Kier molecular flexibility index (Phi) is 4.83. The molecule has 0 saturated heterocycles. The first kappa shape index (κ1) is 17.1. The van der Waals surface area contributed by atoms with E-state index in [1.165, 1.54) is 12.1 Å². The first-order valence-electron chi connectivity index (χ1n) is 7.77. The highest BCUT2D eigenvalue weighted by molar-refractivity contribution is 5.94. The van der Waals surface area contributed by atoms with Crippen LogP contribution in [0.1, 0.15) is 21.5 Å². The summed E-state index contributed by atoms with van der Waals surface area (Å²) in [6.07, 6.45) is -3.90. The van der Waals surface area contributed by atoms with E-state index >= 15 is 0 Å². The summed E-state index contributed by atoms with van der Waals surface area (Å²) >= 11 is 0. The fraction of sp³-hybridized carbons (Fsp3) is 0.278. The van der Waals surface area contributed by atoms with E-state index in [0.29, 0.717) is 43.2 Å². The lowest BCUT2D eigenvalue weighted by Crippen LogP contribution is -2.26. The van der Waals surface area contributed by atoms with E-state index in [-0.39, 0.29) is 5.91 Å².